The van der Waals surface area contributed by atoms with Crippen LogP contribution in [-0.4, -0.2) is 29.0 Å². The first kappa shape index (κ1) is 24.6. The third-order valence-electron chi connectivity index (χ3n) is 5.16. The van der Waals surface area contributed by atoms with Crippen molar-refractivity contribution >= 4 is 0 Å². The summed E-state index contributed by atoms with van der Waals surface area (Å²) in [6.45, 7) is 2.49. The van der Waals surface area contributed by atoms with Gasteiger partial charge >= 0.3 is 0 Å². The molecular weight excluding hydrogens is 310 g/mol. The second kappa shape index (κ2) is 18.4. The topological polar surface area (TPSA) is 66.5 Å². The van der Waals surface area contributed by atoms with Gasteiger partial charge in [0.2, 0.25) is 0 Å². The van der Waals surface area contributed by atoms with Gasteiger partial charge in [0, 0.05) is 18.8 Å². The molecule has 0 fully saturated rings. The Kier molecular flexibility index (Phi) is 18.1. The zero-order valence-electron chi connectivity index (χ0n) is 16.9. The Morgan fingerprint density at radius 3 is 1.56 bits per heavy atom. The summed E-state index contributed by atoms with van der Waals surface area (Å²) < 4.78 is 0. The fourth-order valence-electron chi connectivity index (χ4n) is 3.37. The molecule has 0 saturated carbocycles. The standard InChI is InChI=1S/C22H45NO2/c1-2-3-4-5-6-7-8-9-10-11-12-13-14-15-16-17-22(23,18-20-24)19-21-25/h9-10,24-25H,2-8,11-21,23H2,1H3/b10-9-. The van der Waals surface area contributed by atoms with E-state index in [-0.39, 0.29) is 18.8 Å². The van der Waals surface area contributed by atoms with Crippen molar-refractivity contribution in [1.29, 1.82) is 0 Å². The maximum atomic E-state index is 9.09. The van der Waals surface area contributed by atoms with Gasteiger partial charge in [-0.1, -0.05) is 76.9 Å². The molecule has 0 aromatic carbocycles. The molecule has 0 heterocycles. The molecule has 3 heteroatoms. The van der Waals surface area contributed by atoms with Crippen LogP contribution in [0, 0.1) is 0 Å². The Labute approximate surface area is 157 Å². The molecule has 150 valence electrons. The van der Waals surface area contributed by atoms with E-state index in [2.05, 4.69) is 19.1 Å². The van der Waals surface area contributed by atoms with E-state index < -0.39 is 0 Å². The van der Waals surface area contributed by atoms with E-state index >= 15 is 0 Å². The number of aliphatic hydroxyl groups excluding tert-OH is 2. The van der Waals surface area contributed by atoms with Crippen LogP contribution in [0.4, 0.5) is 0 Å². The molecule has 0 amide bonds. The number of hydrogen-bond donors (Lipinski definition) is 3. The van der Waals surface area contributed by atoms with Gasteiger partial charge < -0.3 is 15.9 Å². The Balaban J connectivity index is 3.39. The number of nitrogens with two attached hydrogens (primary N) is 1. The van der Waals surface area contributed by atoms with E-state index in [1.54, 1.807) is 0 Å². The normalized spacial score (nSPS) is 12.3. The summed E-state index contributed by atoms with van der Waals surface area (Å²) in [6.07, 6.45) is 23.7. The maximum absolute atomic E-state index is 9.09. The Bertz CT molecular complexity index is 286. The van der Waals surface area contributed by atoms with E-state index in [1.165, 1.54) is 77.0 Å². The molecule has 4 N–H and O–H groups in total. The third-order valence-corrected chi connectivity index (χ3v) is 5.16. The fraction of sp³-hybridized carbons (Fsp3) is 0.909. The molecule has 0 radical (unpaired) electrons. The first-order valence-electron chi connectivity index (χ1n) is 10.8. The lowest BCUT2D eigenvalue weighted by molar-refractivity contribution is 0.183. The Hall–Kier alpha value is -0.380. The predicted molar refractivity (Wildman–Crippen MR) is 110 cm³/mol. The Morgan fingerprint density at radius 1 is 0.640 bits per heavy atom. The van der Waals surface area contributed by atoms with Crippen molar-refractivity contribution in [2.45, 2.75) is 115 Å². The monoisotopic (exact) mass is 355 g/mol. The average Bonchev–Trinajstić information content (AvgIpc) is 2.59. The molecule has 0 aromatic rings. The second-order valence-electron chi connectivity index (χ2n) is 7.64. The number of unbranched alkanes of at least 4 members (excludes halogenated alkanes) is 11. The first-order valence-corrected chi connectivity index (χ1v) is 10.8. The van der Waals surface area contributed by atoms with Gasteiger partial charge in [0.1, 0.15) is 0 Å². The highest BCUT2D eigenvalue weighted by molar-refractivity contribution is 4.83. The van der Waals surface area contributed by atoms with Crippen LogP contribution in [0.1, 0.15) is 110 Å². The van der Waals surface area contributed by atoms with Crippen molar-refractivity contribution in [1.82, 2.24) is 0 Å². The molecule has 0 unspecified atom stereocenters. The minimum absolute atomic E-state index is 0.113. The lowest BCUT2D eigenvalue weighted by Crippen LogP contribution is -2.41. The lowest BCUT2D eigenvalue weighted by Gasteiger charge is -2.28. The van der Waals surface area contributed by atoms with Crippen LogP contribution >= 0.6 is 0 Å². The van der Waals surface area contributed by atoms with Crippen LogP contribution < -0.4 is 5.73 Å². The van der Waals surface area contributed by atoms with Crippen molar-refractivity contribution in [3.63, 3.8) is 0 Å². The summed E-state index contributed by atoms with van der Waals surface area (Å²) in [5, 5.41) is 18.2. The second-order valence-corrected chi connectivity index (χ2v) is 7.64. The van der Waals surface area contributed by atoms with Crippen molar-refractivity contribution in [3.8, 4) is 0 Å². The molecule has 0 atom stereocenters. The van der Waals surface area contributed by atoms with Gasteiger partial charge in [-0.25, -0.2) is 0 Å². The predicted octanol–water partition coefficient (Wildman–Crippen LogP) is 5.49. The van der Waals surface area contributed by atoms with Crippen LogP contribution in [0.25, 0.3) is 0 Å². The van der Waals surface area contributed by atoms with E-state index in [0.29, 0.717) is 12.8 Å². The number of allylic oxidation sites excluding steroid dienone is 2. The van der Waals surface area contributed by atoms with Crippen LogP contribution in [0.2, 0.25) is 0 Å². The van der Waals surface area contributed by atoms with E-state index in [1.807, 2.05) is 0 Å². The van der Waals surface area contributed by atoms with Crippen LogP contribution in [-0.2, 0) is 0 Å². The molecule has 0 aliphatic heterocycles. The van der Waals surface area contributed by atoms with Gasteiger partial charge in [-0.2, -0.15) is 0 Å². The zero-order chi connectivity index (χ0) is 18.6. The van der Waals surface area contributed by atoms with E-state index in [9.17, 15) is 0 Å². The van der Waals surface area contributed by atoms with Gasteiger partial charge in [-0.15, -0.1) is 0 Å². The van der Waals surface area contributed by atoms with Crippen molar-refractivity contribution in [3.05, 3.63) is 12.2 Å². The lowest BCUT2D eigenvalue weighted by atomic mass is 9.87. The van der Waals surface area contributed by atoms with E-state index in [0.717, 1.165) is 12.8 Å². The van der Waals surface area contributed by atoms with Gasteiger partial charge in [0.25, 0.3) is 0 Å². The molecule has 25 heavy (non-hydrogen) atoms. The maximum Gasteiger partial charge on any atom is 0.0448 e. The van der Waals surface area contributed by atoms with E-state index in [4.69, 9.17) is 15.9 Å². The number of rotatable bonds is 19. The molecular formula is C22H45NO2. The molecule has 0 rings (SSSR count). The van der Waals surface area contributed by atoms with Crippen LogP contribution in [0.5, 0.6) is 0 Å². The minimum Gasteiger partial charge on any atom is -0.396 e. The highest BCUT2D eigenvalue weighted by Gasteiger charge is 2.22. The van der Waals surface area contributed by atoms with Gasteiger partial charge in [0.05, 0.1) is 0 Å². The quantitative estimate of drug-likeness (QED) is 0.212. The average molecular weight is 356 g/mol. The molecule has 0 spiro atoms. The fourth-order valence-corrected chi connectivity index (χ4v) is 3.37. The van der Waals surface area contributed by atoms with Crippen LogP contribution in [0.3, 0.4) is 0 Å². The highest BCUT2D eigenvalue weighted by atomic mass is 16.3. The summed E-state index contributed by atoms with van der Waals surface area (Å²) in [5.74, 6) is 0. The molecule has 0 bridgehead atoms. The van der Waals surface area contributed by atoms with Crippen LogP contribution in [0.15, 0.2) is 12.2 Å². The van der Waals surface area contributed by atoms with Gasteiger partial charge in [0.15, 0.2) is 0 Å². The summed E-state index contributed by atoms with van der Waals surface area (Å²) in [5.41, 5.74) is 5.87. The summed E-state index contributed by atoms with van der Waals surface area (Å²) in [7, 11) is 0. The van der Waals surface area contributed by atoms with Crippen molar-refractivity contribution in [2.24, 2.45) is 5.73 Å². The molecule has 3 nitrogen and oxygen atoms in total. The summed E-state index contributed by atoms with van der Waals surface area (Å²) in [4.78, 5) is 0. The Morgan fingerprint density at radius 2 is 1.08 bits per heavy atom. The molecule has 0 aliphatic carbocycles. The van der Waals surface area contributed by atoms with Crippen molar-refractivity contribution < 1.29 is 10.2 Å². The molecule has 0 aromatic heterocycles. The number of aliphatic hydroxyl groups is 2. The highest BCUT2D eigenvalue weighted by Crippen LogP contribution is 2.20. The zero-order valence-corrected chi connectivity index (χ0v) is 16.9. The van der Waals surface area contributed by atoms with Crippen molar-refractivity contribution in [2.75, 3.05) is 13.2 Å². The van der Waals surface area contributed by atoms with Gasteiger partial charge in [-0.05, 0) is 44.9 Å². The SMILES string of the molecule is CCCCCCCC/C=C\CCCCCCCC(N)(CCO)CCO. The summed E-state index contributed by atoms with van der Waals surface area (Å²) in [6, 6.07) is 0. The largest absolute Gasteiger partial charge is 0.396 e. The van der Waals surface area contributed by atoms with Gasteiger partial charge in [-0.3, -0.25) is 0 Å². The molecule has 0 saturated heterocycles. The minimum atomic E-state index is -0.372. The number of hydrogen-bond acceptors (Lipinski definition) is 3. The first-order chi connectivity index (χ1) is 12.2. The third kappa shape index (κ3) is 16.8. The molecule has 0 aliphatic rings. The summed E-state index contributed by atoms with van der Waals surface area (Å²) >= 11 is 0. The smallest absolute Gasteiger partial charge is 0.0448 e.